The third-order valence-electron chi connectivity index (χ3n) is 2.91. The highest BCUT2D eigenvalue weighted by Crippen LogP contribution is 2.14. The number of hydrogen-bond acceptors (Lipinski definition) is 3. The van der Waals surface area contributed by atoms with Crippen molar-refractivity contribution in [3.05, 3.63) is 24.3 Å². The Morgan fingerprint density at radius 3 is 2.10 bits per heavy atom. The van der Waals surface area contributed by atoms with Gasteiger partial charge in [0.2, 0.25) is 11.8 Å². The molecule has 0 aliphatic rings. The summed E-state index contributed by atoms with van der Waals surface area (Å²) in [4.78, 5) is 23.2. The molecule has 1 rings (SSSR count). The smallest absolute Gasteiger partial charge is 0.228 e. The minimum atomic E-state index is -0.0885. The molecule has 20 heavy (non-hydrogen) atoms. The number of anilines is 2. The van der Waals surface area contributed by atoms with E-state index in [1.165, 1.54) is 0 Å². The molecular formula is C15H23N3O2. The van der Waals surface area contributed by atoms with E-state index in [-0.39, 0.29) is 17.7 Å². The van der Waals surface area contributed by atoms with Crippen molar-refractivity contribution in [1.82, 2.24) is 5.32 Å². The fourth-order valence-corrected chi connectivity index (χ4v) is 1.61. The van der Waals surface area contributed by atoms with Gasteiger partial charge < -0.3 is 16.0 Å². The van der Waals surface area contributed by atoms with Crippen molar-refractivity contribution in [3.8, 4) is 0 Å². The number of hydrogen-bond donors (Lipinski definition) is 3. The molecular weight excluding hydrogens is 254 g/mol. The zero-order chi connectivity index (χ0) is 15.0. The Hall–Kier alpha value is -1.88. The largest absolute Gasteiger partial charge is 0.326 e. The molecule has 2 amide bonds. The minimum Gasteiger partial charge on any atom is -0.326 e. The van der Waals surface area contributed by atoms with Gasteiger partial charge in [-0.25, -0.2) is 0 Å². The molecule has 0 bridgehead atoms. The standard InChI is InChI=1S/C15H23N3O2/c1-4-14(19)17-12-6-8-13(9-7-12)18-15(20)11(3)10-16-5-2/h6-9,11,16H,4-5,10H2,1-3H3,(H,17,19)(H,18,20). The van der Waals surface area contributed by atoms with E-state index in [0.717, 1.165) is 17.9 Å². The number of carbonyl (C=O) groups excluding carboxylic acids is 2. The lowest BCUT2D eigenvalue weighted by molar-refractivity contribution is -0.119. The lowest BCUT2D eigenvalue weighted by Gasteiger charge is -2.13. The molecule has 0 radical (unpaired) electrons. The first-order valence-corrected chi connectivity index (χ1v) is 6.98. The van der Waals surface area contributed by atoms with Gasteiger partial charge in [0, 0.05) is 30.3 Å². The van der Waals surface area contributed by atoms with Crippen LogP contribution in [-0.4, -0.2) is 24.9 Å². The number of amides is 2. The molecule has 1 unspecified atom stereocenters. The van der Waals surface area contributed by atoms with E-state index in [9.17, 15) is 9.59 Å². The van der Waals surface area contributed by atoms with E-state index >= 15 is 0 Å². The molecule has 110 valence electrons. The molecule has 0 spiro atoms. The van der Waals surface area contributed by atoms with Gasteiger partial charge in [-0.3, -0.25) is 9.59 Å². The Kier molecular flexibility index (Phi) is 6.73. The molecule has 0 saturated heterocycles. The van der Waals surface area contributed by atoms with Crippen LogP contribution in [0.5, 0.6) is 0 Å². The van der Waals surface area contributed by atoms with Crippen molar-refractivity contribution in [1.29, 1.82) is 0 Å². The van der Waals surface area contributed by atoms with E-state index in [0.29, 0.717) is 13.0 Å². The highest BCUT2D eigenvalue weighted by atomic mass is 16.2. The third kappa shape index (κ3) is 5.40. The van der Waals surface area contributed by atoms with Gasteiger partial charge in [-0.2, -0.15) is 0 Å². The van der Waals surface area contributed by atoms with Crippen LogP contribution in [0, 0.1) is 5.92 Å². The van der Waals surface area contributed by atoms with Crippen molar-refractivity contribution in [2.45, 2.75) is 27.2 Å². The van der Waals surface area contributed by atoms with Gasteiger partial charge in [0.25, 0.3) is 0 Å². The summed E-state index contributed by atoms with van der Waals surface area (Å²) in [5.74, 6) is -0.133. The number of nitrogens with one attached hydrogen (secondary N) is 3. The molecule has 0 fully saturated rings. The maximum Gasteiger partial charge on any atom is 0.228 e. The third-order valence-corrected chi connectivity index (χ3v) is 2.91. The second-order valence-electron chi connectivity index (χ2n) is 4.68. The second kappa shape index (κ2) is 8.32. The summed E-state index contributed by atoms with van der Waals surface area (Å²) in [6, 6.07) is 7.11. The number of benzene rings is 1. The van der Waals surface area contributed by atoms with Crippen molar-refractivity contribution in [2.24, 2.45) is 5.92 Å². The average molecular weight is 277 g/mol. The van der Waals surface area contributed by atoms with E-state index in [1.807, 2.05) is 13.8 Å². The Morgan fingerprint density at radius 2 is 1.60 bits per heavy atom. The Balaban J connectivity index is 2.52. The van der Waals surface area contributed by atoms with Crippen LogP contribution in [0.3, 0.4) is 0 Å². The minimum absolute atomic E-state index is 0.0173. The van der Waals surface area contributed by atoms with Crippen molar-refractivity contribution < 1.29 is 9.59 Å². The fourth-order valence-electron chi connectivity index (χ4n) is 1.61. The summed E-state index contributed by atoms with van der Waals surface area (Å²) in [7, 11) is 0. The maximum atomic E-state index is 11.9. The van der Waals surface area contributed by atoms with Gasteiger partial charge in [0.05, 0.1) is 0 Å². The Labute approximate surface area is 120 Å². The van der Waals surface area contributed by atoms with E-state index in [2.05, 4.69) is 16.0 Å². The number of rotatable bonds is 7. The topological polar surface area (TPSA) is 70.2 Å². The first-order valence-electron chi connectivity index (χ1n) is 6.98. The number of carbonyl (C=O) groups is 2. The predicted molar refractivity (Wildman–Crippen MR) is 81.7 cm³/mol. The van der Waals surface area contributed by atoms with Crippen molar-refractivity contribution >= 4 is 23.2 Å². The monoisotopic (exact) mass is 277 g/mol. The summed E-state index contributed by atoms with van der Waals surface area (Å²) in [5.41, 5.74) is 1.46. The maximum absolute atomic E-state index is 11.9. The molecule has 1 aromatic rings. The zero-order valence-electron chi connectivity index (χ0n) is 12.3. The van der Waals surface area contributed by atoms with Gasteiger partial charge in [0.15, 0.2) is 0 Å². The van der Waals surface area contributed by atoms with Crippen LogP contribution in [0.25, 0.3) is 0 Å². The molecule has 0 aliphatic carbocycles. The molecule has 0 saturated carbocycles. The van der Waals surface area contributed by atoms with Gasteiger partial charge in [-0.05, 0) is 30.8 Å². The SMILES string of the molecule is CCNCC(C)C(=O)Nc1ccc(NC(=O)CC)cc1. The zero-order valence-corrected chi connectivity index (χ0v) is 12.3. The van der Waals surface area contributed by atoms with E-state index in [1.54, 1.807) is 31.2 Å². The lowest BCUT2D eigenvalue weighted by atomic mass is 10.1. The summed E-state index contributed by atoms with van der Waals surface area (Å²) >= 11 is 0. The lowest BCUT2D eigenvalue weighted by Crippen LogP contribution is -2.30. The molecule has 5 nitrogen and oxygen atoms in total. The van der Waals surface area contributed by atoms with Crippen LogP contribution in [0.4, 0.5) is 11.4 Å². The highest BCUT2D eigenvalue weighted by Gasteiger charge is 2.12. The van der Waals surface area contributed by atoms with Crippen LogP contribution >= 0.6 is 0 Å². The van der Waals surface area contributed by atoms with E-state index in [4.69, 9.17) is 0 Å². The molecule has 0 heterocycles. The predicted octanol–water partition coefficient (Wildman–Crippen LogP) is 2.22. The highest BCUT2D eigenvalue weighted by molar-refractivity contribution is 5.93. The second-order valence-corrected chi connectivity index (χ2v) is 4.68. The van der Waals surface area contributed by atoms with Crippen molar-refractivity contribution in [3.63, 3.8) is 0 Å². The Bertz CT molecular complexity index is 443. The molecule has 1 atom stereocenters. The summed E-state index contributed by atoms with van der Waals surface area (Å²) in [6.07, 6.45) is 0.445. The summed E-state index contributed by atoms with van der Waals surface area (Å²) in [5, 5.41) is 8.76. The van der Waals surface area contributed by atoms with Gasteiger partial charge in [-0.15, -0.1) is 0 Å². The van der Waals surface area contributed by atoms with Crippen LogP contribution in [-0.2, 0) is 9.59 Å². The first-order chi connectivity index (χ1) is 9.56. The first kappa shape index (κ1) is 16.2. The normalized spacial score (nSPS) is 11.8. The van der Waals surface area contributed by atoms with Crippen LogP contribution in [0.2, 0.25) is 0 Å². The van der Waals surface area contributed by atoms with Crippen LogP contribution in [0.1, 0.15) is 27.2 Å². The Morgan fingerprint density at radius 1 is 1.05 bits per heavy atom. The van der Waals surface area contributed by atoms with Gasteiger partial charge >= 0.3 is 0 Å². The van der Waals surface area contributed by atoms with Gasteiger partial charge in [0.1, 0.15) is 0 Å². The fraction of sp³-hybridized carbons (Fsp3) is 0.467. The molecule has 3 N–H and O–H groups in total. The van der Waals surface area contributed by atoms with Gasteiger partial charge in [-0.1, -0.05) is 20.8 Å². The molecule has 1 aromatic carbocycles. The van der Waals surface area contributed by atoms with Crippen LogP contribution in [0.15, 0.2) is 24.3 Å². The molecule has 0 aromatic heterocycles. The summed E-state index contributed by atoms with van der Waals surface area (Å²) < 4.78 is 0. The quantitative estimate of drug-likeness (QED) is 0.715. The molecule has 0 aliphatic heterocycles. The average Bonchev–Trinajstić information content (AvgIpc) is 2.46. The van der Waals surface area contributed by atoms with Crippen LogP contribution < -0.4 is 16.0 Å². The van der Waals surface area contributed by atoms with E-state index < -0.39 is 0 Å². The summed E-state index contributed by atoms with van der Waals surface area (Å²) in [6.45, 7) is 7.20. The molecule has 5 heteroatoms. The van der Waals surface area contributed by atoms with Crippen molar-refractivity contribution in [2.75, 3.05) is 23.7 Å².